The maximum atomic E-state index is 12.6. The standard InChI is InChI=1S/C18H23N3O4/c1-13(22)19-15-6-4-14(5-7-15)17(23)20-8-10-21(11-9-20)18(24)16-3-2-12-25-16/h4-7,16H,2-3,8-12H2,1H3,(H,19,22)/t16-/m0/s1. The van der Waals surface area contributed by atoms with E-state index in [2.05, 4.69) is 5.32 Å². The maximum absolute atomic E-state index is 12.6. The van der Waals surface area contributed by atoms with Crippen molar-refractivity contribution in [2.24, 2.45) is 0 Å². The number of nitrogens with one attached hydrogen (secondary N) is 1. The first-order valence-electron chi connectivity index (χ1n) is 8.62. The molecular weight excluding hydrogens is 322 g/mol. The zero-order valence-electron chi connectivity index (χ0n) is 14.4. The fourth-order valence-electron chi connectivity index (χ4n) is 3.19. The molecule has 0 bridgehead atoms. The highest BCUT2D eigenvalue weighted by atomic mass is 16.5. The van der Waals surface area contributed by atoms with Crippen LogP contribution >= 0.6 is 0 Å². The van der Waals surface area contributed by atoms with E-state index in [1.165, 1.54) is 6.92 Å². The lowest BCUT2D eigenvalue weighted by molar-refractivity contribution is -0.142. The van der Waals surface area contributed by atoms with Crippen LogP contribution in [0.25, 0.3) is 0 Å². The van der Waals surface area contributed by atoms with Crippen molar-refractivity contribution < 1.29 is 19.1 Å². The molecule has 0 saturated carbocycles. The van der Waals surface area contributed by atoms with Gasteiger partial charge < -0.3 is 19.9 Å². The monoisotopic (exact) mass is 345 g/mol. The Labute approximate surface area is 146 Å². The third-order valence-electron chi connectivity index (χ3n) is 4.54. The maximum Gasteiger partial charge on any atom is 0.253 e. The lowest BCUT2D eigenvalue weighted by atomic mass is 10.1. The van der Waals surface area contributed by atoms with Crippen molar-refractivity contribution in [2.45, 2.75) is 25.9 Å². The number of hydrogen-bond acceptors (Lipinski definition) is 4. The summed E-state index contributed by atoms with van der Waals surface area (Å²) in [5.41, 5.74) is 1.24. The van der Waals surface area contributed by atoms with Crippen LogP contribution in [-0.2, 0) is 14.3 Å². The molecule has 1 atom stereocenters. The summed E-state index contributed by atoms with van der Waals surface area (Å²) in [6.07, 6.45) is 1.42. The third kappa shape index (κ3) is 4.17. The molecule has 1 aromatic rings. The summed E-state index contributed by atoms with van der Waals surface area (Å²) < 4.78 is 5.45. The number of hydrogen-bond donors (Lipinski definition) is 1. The molecule has 2 heterocycles. The van der Waals surface area contributed by atoms with Gasteiger partial charge in [0.2, 0.25) is 5.91 Å². The molecule has 7 heteroatoms. The van der Waals surface area contributed by atoms with Gasteiger partial charge in [0.1, 0.15) is 6.10 Å². The number of amides is 3. The number of ether oxygens (including phenoxy) is 1. The molecule has 0 unspecified atom stereocenters. The second-order valence-corrected chi connectivity index (χ2v) is 6.38. The molecule has 0 aliphatic carbocycles. The first-order chi connectivity index (χ1) is 12.0. The molecule has 134 valence electrons. The minimum atomic E-state index is -0.302. The van der Waals surface area contributed by atoms with Crippen LogP contribution in [0.15, 0.2) is 24.3 Å². The van der Waals surface area contributed by atoms with E-state index >= 15 is 0 Å². The van der Waals surface area contributed by atoms with E-state index in [9.17, 15) is 14.4 Å². The average molecular weight is 345 g/mol. The number of benzene rings is 1. The van der Waals surface area contributed by atoms with Gasteiger partial charge in [-0.05, 0) is 37.1 Å². The Kier molecular flexibility index (Phi) is 5.33. The van der Waals surface area contributed by atoms with Crippen LogP contribution in [0.4, 0.5) is 5.69 Å². The van der Waals surface area contributed by atoms with Gasteiger partial charge in [-0.3, -0.25) is 14.4 Å². The molecule has 2 saturated heterocycles. The average Bonchev–Trinajstić information content (AvgIpc) is 3.15. The van der Waals surface area contributed by atoms with Crippen LogP contribution in [0, 0.1) is 0 Å². The zero-order valence-corrected chi connectivity index (χ0v) is 14.4. The van der Waals surface area contributed by atoms with Crippen LogP contribution in [0.1, 0.15) is 30.1 Å². The van der Waals surface area contributed by atoms with E-state index in [-0.39, 0.29) is 23.8 Å². The number of carbonyl (C=O) groups is 3. The summed E-state index contributed by atoms with van der Waals surface area (Å²) in [6.45, 7) is 4.21. The van der Waals surface area contributed by atoms with Crippen molar-refractivity contribution in [2.75, 3.05) is 38.1 Å². The van der Waals surface area contributed by atoms with Crippen LogP contribution in [0.5, 0.6) is 0 Å². The molecule has 7 nitrogen and oxygen atoms in total. The van der Waals surface area contributed by atoms with E-state index in [1.807, 2.05) is 0 Å². The summed E-state index contributed by atoms with van der Waals surface area (Å²) in [5, 5.41) is 2.68. The van der Waals surface area contributed by atoms with Gasteiger partial charge in [0.15, 0.2) is 0 Å². The summed E-state index contributed by atoms with van der Waals surface area (Å²) in [4.78, 5) is 39.5. The first kappa shape index (κ1) is 17.4. The van der Waals surface area contributed by atoms with Gasteiger partial charge in [-0.25, -0.2) is 0 Å². The molecule has 0 aromatic heterocycles. The predicted molar refractivity (Wildman–Crippen MR) is 92.2 cm³/mol. The van der Waals surface area contributed by atoms with Gasteiger partial charge in [-0.15, -0.1) is 0 Å². The van der Waals surface area contributed by atoms with Crippen molar-refractivity contribution in [1.82, 2.24) is 9.80 Å². The predicted octanol–water partition coefficient (Wildman–Crippen LogP) is 1.11. The molecule has 1 aromatic carbocycles. The Morgan fingerprint density at radius 2 is 1.68 bits per heavy atom. The number of carbonyl (C=O) groups excluding carboxylic acids is 3. The summed E-state index contributed by atoms with van der Waals surface area (Å²) in [7, 11) is 0. The highest BCUT2D eigenvalue weighted by molar-refractivity contribution is 5.95. The molecule has 3 rings (SSSR count). The van der Waals surface area contributed by atoms with E-state index in [4.69, 9.17) is 4.74 Å². The molecule has 0 radical (unpaired) electrons. The summed E-state index contributed by atoms with van der Waals surface area (Å²) >= 11 is 0. The lowest BCUT2D eigenvalue weighted by Crippen LogP contribution is -2.52. The van der Waals surface area contributed by atoms with E-state index in [1.54, 1.807) is 34.1 Å². The van der Waals surface area contributed by atoms with Gasteiger partial charge in [0.05, 0.1) is 0 Å². The Hall–Kier alpha value is -2.41. The molecule has 25 heavy (non-hydrogen) atoms. The SMILES string of the molecule is CC(=O)Nc1ccc(C(=O)N2CCN(C(=O)[C@@H]3CCCO3)CC2)cc1. The van der Waals surface area contributed by atoms with Gasteiger partial charge in [-0.1, -0.05) is 0 Å². The van der Waals surface area contributed by atoms with Gasteiger partial charge in [0, 0.05) is 51.0 Å². The molecule has 2 aliphatic heterocycles. The van der Waals surface area contributed by atoms with E-state index < -0.39 is 0 Å². The summed E-state index contributed by atoms with van der Waals surface area (Å²) in [6, 6.07) is 6.84. The van der Waals surface area contributed by atoms with Crippen LogP contribution in [0.3, 0.4) is 0 Å². The van der Waals surface area contributed by atoms with Gasteiger partial charge >= 0.3 is 0 Å². The van der Waals surface area contributed by atoms with Crippen molar-refractivity contribution in [3.63, 3.8) is 0 Å². The number of anilines is 1. The first-order valence-corrected chi connectivity index (χ1v) is 8.62. The molecule has 3 amide bonds. The normalized spacial score (nSPS) is 20.4. The quantitative estimate of drug-likeness (QED) is 0.890. The van der Waals surface area contributed by atoms with Crippen LogP contribution in [0.2, 0.25) is 0 Å². The Bertz CT molecular complexity index is 645. The fourth-order valence-corrected chi connectivity index (χ4v) is 3.19. The molecule has 1 N–H and O–H groups in total. The molecule has 2 fully saturated rings. The summed E-state index contributed by atoms with van der Waals surface area (Å²) in [5.74, 6) is -0.158. The molecular formula is C18H23N3O4. The third-order valence-corrected chi connectivity index (χ3v) is 4.54. The van der Waals surface area contributed by atoms with E-state index in [0.29, 0.717) is 44.0 Å². The Balaban J connectivity index is 1.54. The lowest BCUT2D eigenvalue weighted by Gasteiger charge is -2.35. The fraction of sp³-hybridized carbons (Fsp3) is 0.500. The highest BCUT2D eigenvalue weighted by Crippen LogP contribution is 2.17. The minimum absolute atomic E-state index is 0.0456. The number of piperazine rings is 1. The zero-order chi connectivity index (χ0) is 17.8. The second kappa shape index (κ2) is 7.65. The minimum Gasteiger partial charge on any atom is -0.368 e. The largest absolute Gasteiger partial charge is 0.368 e. The van der Waals surface area contributed by atoms with Gasteiger partial charge in [0.25, 0.3) is 11.8 Å². The van der Waals surface area contributed by atoms with E-state index in [0.717, 1.165) is 12.8 Å². The van der Waals surface area contributed by atoms with Crippen molar-refractivity contribution in [3.8, 4) is 0 Å². The van der Waals surface area contributed by atoms with Crippen molar-refractivity contribution >= 4 is 23.4 Å². The Morgan fingerprint density at radius 1 is 1.04 bits per heavy atom. The van der Waals surface area contributed by atoms with Crippen LogP contribution < -0.4 is 5.32 Å². The second-order valence-electron chi connectivity index (χ2n) is 6.38. The van der Waals surface area contributed by atoms with Crippen molar-refractivity contribution in [1.29, 1.82) is 0 Å². The smallest absolute Gasteiger partial charge is 0.253 e. The Morgan fingerprint density at radius 3 is 2.24 bits per heavy atom. The molecule has 2 aliphatic rings. The molecule has 0 spiro atoms. The van der Waals surface area contributed by atoms with Crippen LogP contribution in [-0.4, -0.2) is 66.4 Å². The number of rotatable bonds is 3. The highest BCUT2D eigenvalue weighted by Gasteiger charge is 2.31. The number of nitrogens with zero attached hydrogens (tertiary/aromatic N) is 2. The topological polar surface area (TPSA) is 79.0 Å². The van der Waals surface area contributed by atoms with Crippen molar-refractivity contribution in [3.05, 3.63) is 29.8 Å². The van der Waals surface area contributed by atoms with Gasteiger partial charge in [-0.2, -0.15) is 0 Å².